The van der Waals surface area contributed by atoms with Gasteiger partial charge in [-0.2, -0.15) is 4.90 Å². The smallest absolute Gasteiger partial charge is 0.424 e. The molecule has 0 aliphatic heterocycles. The highest BCUT2D eigenvalue weighted by molar-refractivity contribution is 9.06. The molecule has 0 heterocycles. The first kappa shape index (κ1) is 22.0. The SMILES string of the molecule is Cc1cc(C(=O)OBr)ccc1N(C(=O)OC(C)(C)C)C(=O)OC(C)(C)C. The molecule has 0 aliphatic carbocycles. The van der Waals surface area contributed by atoms with Crippen molar-refractivity contribution in [1.82, 2.24) is 0 Å². The number of imide groups is 1. The summed E-state index contributed by atoms with van der Waals surface area (Å²) < 4.78 is 15.2. The van der Waals surface area contributed by atoms with Gasteiger partial charge in [0.1, 0.15) is 11.2 Å². The van der Waals surface area contributed by atoms with Crippen LogP contribution in [0.5, 0.6) is 0 Å². The number of nitrogens with zero attached hydrogens (tertiary/aromatic N) is 1. The summed E-state index contributed by atoms with van der Waals surface area (Å²) in [4.78, 5) is 37.7. The van der Waals surface area contributed by atoms with E-state index in [1.54, 1.807) is 48.5 Å². The van der Waals surface area contributed by atoms with Gasteiger partial charge in [0.2, 0.25) is 0 Å². The molecule has 26 heavy (non-hydrogen) atoms. The van der Waals surface area contributed by atoms with E-state index in [0.29, 0.717) is 5.56 Å². The summed E-state index contributed by atoms with van der Waals surface area (Å²) in [7, 11) is 0. The van der Waals surface area contributed by atoms with E-state index >= 15 is 0 Å². The van der Waals surface area contributed by atoms with Crippen molar-refractivity contribution in [1.29, 1.82) is 0 Å². The molecule has 0 aliphatic rings. The van der Waals surface area contributed by atoms with E-state index in [4.69, 9.17) is 9.47 Å². The Balaban J connectivity index is 3.34. The van der Waals surface area contributed by atoms with E-state index in [0.717, 1.165) is 4.90 Å². The monoisotopic (exact) mass is 429 g/mol. The highest BCUT2D eigenvalue weighted by atomic mass is 79.9. The molecule has 0 N–H and O–H groups in total. The summed E-state index contributed by atoms with van der Waals surface area (Å²) in [6.07, 6.45) is -1.74. The number of ether oxygens (including phenoxy) is 2. The standard InChI is InChI=1S/C18H24BrNO6/c1-11-10-12(14(21)26-19)8-9-13(11)20(15(22)24-17(2,3)4)16(23)25-18(5,6)7/h8-10H,1-7H3. The predicted octanol–water partition coefficient (Wildman–Crippen LogP) is 5.14. The summed E-state index contributed by atoms with van der Waals surface area (Å²) in [5.41, 5.74) is -0.594. The van der Waals surface area contributed by atoms with E-state index in [1.807, 2.05) is 0 Å². The maximum Gasteiger partial charge on any atom is 0.424 e. The van der Waals surface area contributed by atoms with Gasteiger partial charge in [-0.25, -0.2) is 14.4 Å². The quantitative estimate of drug-likeness (QED) is 0.647. The fourth-order valence-electron chi connectivity index (χ4n) is 1.96. The van der Waals surface area contributed by atoms with Crippen molar-refractivity contribution in [3.05, 3.63) is 29.3 Å². The lowest BCUT2D eigenvalue weighted by Crippen LogP contribution is -2.44. The number of hydrogen-bond donors (Lipinski definition) is 0. The van der Waals surface area contributed by atoms with Crippen LogP contribution in [0.2, 0.25) is 0 Å². The van der Waals surface area contributed by atoms with E-state index < -0.39 is 29.4 Å². The molecule has 0 unspecified atom stereocenters. The van der Waals surface area contributed by atoms with Gasteiger partial charge in [0.15, 0.2) is 16.3 Å². The van der Waals surface area contributed by atoms with Gasteiger partial charge in [-0.15, -0.1) is 0 Å². The second kappa shape index (κ2) is 8.07. The van der Waals surface area contributed by atoms with Gasteiger partial charge in [-0.1, -0.05) is 0 Å². The zero-order valence-electron chi connectivity index (χ0n) is 16.0. The van der Waals surface area contributed by atoms with Crippen LogP contribution < -0.4 is 4.90 Å². The van der Waals surface area contributed by atoms with Crippen LogP contribution in [-0.2, 0) is 13.3 Å². The van der Waals surface area contributed by atoms with Gasteiger partial charge in [-0.3, -0.25) is 0 Å². The molecule has 0 bridgehead atoms. The molecule has 0 radical (unpaired) electrons. The van der Waals surface area contributed by atoms with Crippen LogP contribution in [0.4, 0.5) is 15.3 Å². The normalized spacial score (nSPS) is 11.5. The molecule has 0 saturated heterocycles. The summed E-state index contributed by atoms with van der Waals surface area (Å²) in [6.45, 7) is 11.8. The van der Waals surface area contributed by atoms with Crippen molar-refractivity contribution in [2.45, 2.75) is 59.7 Å². The molecule has 0 saturated carbocycles. The summed E-state index contributed by atoms with van der Waals surface area (Å²) in [6, 6.07) is 4.40. The first-order valence-corrected chi connectivity index (χ1v) is 8.59. The molecule has 1 aromatic carbocycles. The number of hydrogen-bond acceptors (Lipinski definition) is 6. The Hall–Kier alpha value is -2.09. The van der Waals surface area contributed by atoms with Crippen molar-refractivity contribution in [2.24, 2.45) is 0 Å². The minimum absolute atomic E-state index is 0.250. The maximum absolute atomic E-state index is 12.6. The maximum atomic E-state index is 12.6. The average Bonchev–Trinajstić information content (AvgIpc) is 2.44. The summed E-state index contributed by atoms with van der Waals surface area (Å²) in [5, 5.41) is 0. The third-order valence-corrected chi connectivity index (χ3v) is 3.19. The van der Waals surface area contributed by atoms with Crippen molar-refractivity contribution >= 4 is 40.1 Å². The van der Waals surface area contributed by atoms with Crippen molar-refractivity contribution < 1.29 is 27.7 Å². The van der Waals surface area contributed by atoms with Crippen LogP contribution in [-0.4, -0.2) is 29.4 Å². The van der Waals surface area contributed by atoms with Gasteiger partial charge in [0.25, 0.3) is 0 Å². The van der Waals surface area contributed by atoms with Gasteiger partial charge in [-0.05, 0) is 72.2 Å². The van der Waals surface area contributed by atoms with Crippen molar-refractivity contribution in [3.8, 4) is 0 Å². The number of aryl methyl sites for hydroxylation is 1. The molecular weight excluding hydrogens is 406 g/mol. The highest BCUT2D eigenvalue weighted by Crippen LogP contribution is 2.26. The van der Waals surface area contributed by atoms with Crippen molar-refractivity contribution in [3.63, 3.8) is 0 Å². The third kappa shape index (κ3) is 6.33. The number of halogens is 1. The fraction of sp³-hybridized carbons (Fsp3) is 0.500. The van der Waals surface area contributed by atoms with E-state index in [-0.39, 0.29) is 11.3 Å². The van der Waals surface area contributed by atoms with Gasteiger partial charge in [0, 0.05) is 0 Å². The molecular formula is C18H24BrNO6. The lowest BCUT2D eigenvalue weighted by Gasteiger charge is -2.29. The number of carbonyl (C=O) groups excluding carboxylic acids is 3. The van der Waals surface area contributed by atoms with E-state index in [1.165, 1.54) is 18.2 Å². The zero-order chi connectivity index (χ0) is 20.3. The van der Waals surface area contributed by atoms with Gasteiger partial charge >= 0.3 is 18.2 Å². The Labute approximate surface area is 162 Å². The molecule has 0 spiro atoms. The molecule has 144 valence electrons. The van der Waals surface area contributed by atoms with Crippen LogP contribution in [0.3, 0.4) is 0 Å². The van der Waals surface area contributed by atoms with Gasteiger partial charge < -0.3 is 13.3 Å². The first-order valence-electron chi connectivity index (χ1n) is 7.95. The Morgan fingerprint density at radius 3 is 1.73 bits per heavy atom. The highest BCUT2D eigenvalue weighted by Gasteiger charge is 2.33. The molecule has 8 heteroatoms. The Bertz CT molecular complexity index is 675. The minimum atomic E-state index is -0.870. The Morgan fingerprint density at radius 2 is 1.38 bits per heavy atom. The summed E-state index contributed by atoms with van der Waals surface area (Å²) in [5.74, 6) is -0.597. The Kier molecular flexibility index (Phi) is 6.82. The van der Waals surface area contributed by atoms with Crippen LogP contribution in [0.25, 0.3) is 0 Å². The van der Waals surface area contributed by atoms with Crippen LogP contribution in [0, 0.1) is 6.92 Å². The minimum Gasteiger partial charge on any atom is -0.443 e. The van der Waals surface area contributed by atoms with Crippen LogP contribution in [0.15, 0.2) is 18.2 Å². The largest absolute Gasteiger partial charge is 0.443 e. The molecule has 1 aromatic rings. The zero-order valence-corrected chi connectivity index (χ0v) is 17.6. The van der Waals surface area contributed by atoms with Crippen molar-refractivity contribution in [2.75, 3.05) is 4.90 Å². The fourth-order valence-corrected chi connectivity index (χ4v) is 2.15. The number of benzene rings is 1. The average molecular weight is 430 g/mol. The predicted molar refractivity (Wildman–Crippen MR) is 100 cm³/mol. The first-order chi connectivity index (χ1) is 11.7. The third-order valence-electron chi connectivity index (χ3n) is 2.90. The molecule has 2 amide bonds. The topological polar surface area (TPSA) is 82.1 Å². The molecule has 1 rings (SSSR count). The number of carbonyl (C=O) groups is 3. The van der Waals surface area contributed by atoms with E-state index in [2.05, 4.69) is 20.1 Å². The number of amides is 2. The molecule has 0 atom stereocenters. The lowest BCUT2D eigenvalue weighted by atomic mass is 10.1. The van der Waals surface area contributed by atoms with Crippen LogP contribution >= 0.6 is 16.3 Å². The summed E-state index contributed by atoms with van der Waals surface area (Å²) >= 11 is 2.63. The van der Waals surface area contributed by atoms with Gasteiger partial charge in [0.05, 0.1) is 11.3 Å². The second-order valence-electron chi connectivity index (χ2n) is 7.66. The Morgan fingerprint density at radius 1 is 0.923 bits per heavy atom. The number of anilines is 1. The number of rotatable bonds is 2. The molecule has 7 nitrogen and oxygen atoms in total. The molecule has 0 aromatic heterocycles. The van der Waals surface area contributed by atoms with E-state index in [9.17, 15) is 14.4 Å². The van der Waals surface area contributed by atoms with Crippen LogP contribution in [0.1, 0.15) is 57.5 Å². The second-order valence-corrected chi connectivity index (χ2v) is 7.99. The molecule has 0 fully saturated rings. The lowest BCUT2D eigenvalue weighted by molar-refractivity contribution is 0.0430.